The number of hydrogen-bond donors (Lipinski definition) is 1. The largest absolute Gasteiger partial charge is 0.389 e. The summed E-state index contributed by atoms with van der Waals surface area (Å²) in [5, 5.41) is 9.79. The van der Waals surface area contributed by atoms with E-state index in [1.165, 1.54) is 6.92 Å². The van der Waals surface area contributed by atoms with E-state index < -0.39 is 12.1 Å². The van der Waals surface area contributed by atoms with Crippen molar-refractivity contribution in [2.24, 2.45) is 0 Å². The van der Waals surface area contributed by atoms with E-state index in [0.717, 1.165) is 6.42 Å². The molecule has 0 aliphatic rings. The number of ether oxygens (including phenoxy) is 2. The minimum absolute atomic E-state index is 0.0574. The molecule has 1 N–H and O–H groups in total. The van der Waals surface area contributed by atoms with E-state index in [2.05, 4.69) is 0 Å². The third-order valence-corrected chi connectivity index (χ3v) is 2.26. The van der Waals surface area contributed by atoms with Crippen LogP contribution in [0.3, 0.4) is 0 Å². The van der Waals surface area contributed by atoms with Gasteiger partial charge in [-0.2, -0.15) is 0 Å². The molecule has 2 unspecified atom stereocenters. The summed E-state index contributed by atoms with van der Waals surface area (Å²) < 4.78 is 10.1. The van der Waals surface area contributed by atoms with Crippen LogP contribution in [0.1, 0.15) is 13.3 Å². The lowest BCUT2D eigenvalue weighted by molar-refractivity contribution is -0.126. The van der Waals surface area contributed by atoms with Crippen molar-refractivity contribution < 1.29 is 19.4 Å². The van der Waals surface area contributed by atoms with Crippen LogP contribution in [0.2, 0.25) is 0 Å². The van der Waals surface area contributed by atoms with Crippen LogP contribution in [0.4, 0.5) is 0 Å². The first-order valence-corrected chi connectivity index (χ1v) is 5.42. The first-order valence-electron chi connectivity index (χ1n) is 5.42. The molecule has 96 valence electrons. The lowest BCUT2D eigenvalue weighted by atomic mass is 10.1. The monoisotopic (exact) mass is 233 g/mol. The molecule has 0 aromatic carbocycles. The molecule has 5 nitrogen and oxygen atoms in total. The Labute approximate surface area is 97.3 Å². The van der Waals surface area contributed by atoms with Gasteiger partial charge in [-0.3, -0.25) is 9.69 Å². The van der Waals surface area contributed by atoms with Gasteiger partial charge in [0, 0.05) is 20.3 Å². The summed E-state index contributed by atoms with van der Waals surface area (Å²) in [5.74, 6) is -0.0574. The highest BCUT2D eigenvalue weighted by Gasteiger charge is 2.25. The Balaban J connectivity index is 3.84. The van der Waals surface area contributed by atoms with Gasteiger partial charge in [-0.25, -0.2) is 0 Å². The molecule has 0 radical (unpaired) electrons. The molecule has 0 aromatic rings. The molecule has 0 aliphatic heterocycles. The van der Waals surface area contributed by atoms with Crippen molar-refractivity contribution in [1.82, 2.24) is 4.90 Å². The minimum Gasteiger partial charge on any atom is -0.389 e. The summed E-state index contributed by atoms with van der Waals surface area (Å²) in [6, 6.07) is -0.498. The number of aliphatic hydroxyl groups excluding tert-OH is 1. The van der Waals surface area contributed by atoms with Crippen molar-refractivity contribution in [3.05, 3.63) is 0 Å². The van der Waals surface area contributed by atoms with Gasteiger partial charge in [0.25, 0.3) is 0 Å². The highest BCUT2D eigenvalue weighted by molar-refractivity contribution is 5.82. The van der Waals surface area contributed by atoms with Crippen LogP contribution in [-0.2, 0) is 14.3 Å². The molecule has 0 amide bonds. The number of likely N-dealkylation sites (N-methyl/N-ethyl adjacent to an activating group) is 1. The Morgan fingerprint density at radius 3 is 2.44 bits per heavy atom. The molecule has 0 bridgehead atoms. The maximum atomic E-state index is 11.3. The summed E-state index contributed by atoms with van der Waals surface area (Å²) >= 11 is 0. The van der Waals surface area contributed by atoms with E-state index in [-0.39, 0.29) is 12.4 Å². The van der Waals surface area contributed by atoms with Gasteiger partial charge in [-0.1, -0.05) is 0 Å². The van der Waals surface area contributed by atoms with Crippen LogP contribution in [0.5, 0.6) is 0 Å². The topological polar surface area (TPSA) is 59.0 Å². The van der Waals surface area contributed by atoms with E-state index in [1.807, 2.05) is 0 Å². The van der Waals surface area contributed by atoms with Gasteiger partial charge in [0.05, 0.1) is 18.8 Å². The van der Waals surface area contributed by atoms with Crippen LogP contribution in [0.15, 0.2) is 0 Å². The predicted octanol–water partition coefficient (Wildman–Crippen LogP) is -0.0804. The van der Waals surface area contributed by atoms with Gasteiger partial charge < -0.3 is 14.6 Å². The van der Waals surface area contributed by atoms with Crippen molar-refractivity contribution in [3.63, 3.8) is 0 Å². The zero-order valence-corrected chi connectivity index (χ0v) is 10.6. The fourth-order valence-electron chi connectivity index (χ4n) is 1.58. The second kappa shape index (κ2) is 8.64. The average Bonchev–Trinajstić information content (AvgIpc) is 2.16. The second-order valence-electron chi connectivity index (χ2n) is 4.01. The molecule has 0 fully saturated rings. The number of aliphatic hydroxyl groups is 1. The Kier molecular flexibility index (Phi) is 8.37. The number of carbonyl (C=O) groups is 1. The Hall–Kier alpha value is -0.490. The van der Waals surface area contributed by atoms with Crippen molar-refractivity contribution in [1.29, 1.82) is 0 Å². The highest BCUT2D eigenvalue weighted by Crippen LogP contribution is 2.03. The van der Waals surface area contributed by atoms with E-state index in [9.17, 15) is 9.90 Å². The number of hydrogen-bond acceptors (Lipinski definition) is 5. The van der Waals surface area contributed by atoms with Crippen molar-refractivity contribution in [2.45, 2.75) is 25.5 Å². The molecule has 0 aromatic heterocycles. The smallest absolute Gasteiger partial charge is 0.149 e. The molecule has 0 saturated carbocycles. The SMILES string of the molecule is COCCCOCC(O)C(C(C)=O)N(C)C. The van der Waals surface area contributed by atoms with Crippen LogP contribution in [-0.4, -0.2) is 69.0 Å². The number of carbonyl (C=O) groups excluding carboxylic acids is 1. The fourth-order valence-corrected chi connectivity index (χ4v) is 1.58. The predicted molar refractivity (Wildman–Crippen MR) is 61.5 cm³/mol. The molecular weight excluding hydrogens is 210 g/mol. The molecule has 2 atom stereocenters. The average molecular weight is 233 g/mol. The normalized spacial score (nSPS) is 15.1. The van der Waals surface area contributed by atoms with Crippen LogP contribution in [0.25, 0.3) is 0 Å². The van der Waals surface area contributed by atoms with E-state index in [4.69, 9.17) is 9.47 Å². The minimum atomic E-state index is -0.782. The van der Waals surface area contributed by atoms with Crippen LogP contribution >= 0.6 is 0 Å². The summed E-state index contributed by atoms with van der Waals surface area (Å²) in [4.78, 5) is 13.0. The van der Waals surface area contributed by atoms with Crippen molar-refractivity contribution >= 4 is 5.78 Å². The van der Waals surface area contributed by atoms with Crippen molar-refractivity contribution in [3.8, 4) is 0 Å². The first kappa shape index (κ1) is 15.5. The van der Waals surface area contributed by atoms with E-state index in [0.29, 0.717) is 13.2 Å². The van der Waals surface area contributed by atoms with Gasteiger partial charge in [-0.15, -0.1) is 0 Å². The Morgan fingerprint density at radius 1 is 1.38 bits per heavy atom. The molecule has 16 heavy (non-hydrogen) atoms. The number of methoxy groups -OCH3 is 1. The van der Waals surface area contributed by atoms with Gasteiger partial charge in [-0.05, 0) is 27.4 Å². The highest BCUT2D eigenvalue weighted by atomic mass is 16.5. The summed E-state index contributed by atoms with van der Waals surface area (Å²) in [7, 11) is 5.16. The van der Waals surface area contributed by atoms with E-state index >= 15 is 0 Å². The van der Waals surface area contributed by atoms with Gasteiger partial charge in [0.1, 0.15) is 5.78 Å². The first-order chi connectivity index (χ1) is 7.50. The van der Waals surface area contributed by atoms with Crippen LogP contribution in [0, 0.1) is 0 Å². The fraction of sp³-hybridized carbons (Fsp3) is 0.909. The molecule has 5 heteroatoms. The summed E-state index contributed by atoms with van der Waals surface area (Å²) in [6.45, 7) is 2.81. The number of rotatable bonds is 9. The maximum Gasteiger partial charge on any atom is 0.149 e. The molecule has 0 saturated heterocycles. The molecule has 0 spiro atoms. The molecule has 0 rings (SSSR count). The van der Waals surface area contributed by atoms with Crippen LogP contribution < -0.4 is 0 Å². The Bertz CT molecular complexity index is 196. The third kappa shape index (κ3) is 6.17. The molecular formula is C11H23NO4. The van der Waals surface area contributed by atoms with Gasteiger partial charge in [0.15, 0.2) is 0 Å². The maximum absolute atomic E-state index is 11.3. The van der Waals surface area contributed by atoms with Gasteiger partial charge >= 0.3 is 0 Å². The summed E-state index contributed by atoms with van der Waals surface area (Å²) in [6.07, 6.45) is 0.00526. The number of Topliss-reactive ketones (excluding diaryl/α,β-unsaturated/α-hetero) is 1. The number of nitrogens with zero attached hydrogens (tertiary/aromatic N) is 1. The lowest BCUT2D eigenvalue weighted by Crippen LogP contribution is -2.46. The Morgan fingerprint density at radius 2 is 2.00 bits per heavy atom. The zero-order valence-electron chi connectivity index (χ0n) is 10.6. The molecule has 0 aliphatic carbocycles. The zero-order chi connectivity index (χ0) is 12.6. The second-order valence-corrected chi connectivity index (χ2v) is 4.01. The molecule has 0 heterocycles. The lowest BCUT2D eigenvalue weighted by Gasteiger charge is -2.26. The number of ketones is 1. The van der Waals surface area contributed by atoms with E-state index in [1.54, 1.807) is 26.1 Å². The summed E-state index contributed by atoms with van der Waals surface area (Å²) in [5.41, 5.74) is 0. The van der Waals surface area contributed by atoms with Crippen molar-refractivity contribution in [2.75, 3.05) is 41.0 Å². The quantitative estimate of drug-likeness (QED) is 0.564. The van der Waals surface area contributed by atoms with Gasteiger partial charge in [0.2, 0.25) is 0 Å². The standard InChI is InChI=1S/C11H23NO4/c1-9(13)11(12(2)3)10(14)8-16-7-5-6-15-4/h10-11,14H,5-8H2,1-4H3. The third-order valence-electron chi connectivity index (χ3n) is 2.26.